The van der Waals surface area contributed by atoms with Gasteiger partial charge in [0.2, 0.25) is 0 Å². The van der Waals surface area contributed by atoms with Gasteiger partial charge in [-0.15, -0.1) is 0 Å². The van der Waals surface area contributed by atoms with E-state index in [1.54, 1.807) is 25.3 Å². The monoisotopic (exact) mass is 317 g/mol. The Morgan fingerprint density at radius 3 is 2.53 bits per heavy atom. The predicted molar refractivity (Wildman–Crippen MR) is 58.7 cm³/mol. The number of hydrogen-bond acceptors (Lipinski definition) is 4. The molecule has 0 atom stereocenters. The number of rotatable bonds is 2. The van der Waals surface area contributed by atoms with E-state index in [-0.39, 0.29) is 23.0 Å². The fraction of sp³-hybridized carbons (Fsp3) is 0.250. The summed E-state index contributed by atoms with van der Waals surface area (Å²) in [6, 6.07) is 3.37. The van der Waals surface area contributed by atoms with Crippen molar-refractivity contribution < 1.29 is 13.4 Å². The predicted octanol–water partition coefficient (Wildman–Crippen LogP) is 2.19. The summed E-state index contributed by atoms with van der Waals surface area (Å²) >= 11 is 8.53. The summed E-state index contributed by atoms with van der Waals surface area (Å²) in [6.45, 7) is 2.17. The number of halogens is 2. The maximum atomic E-state index is 11.0. The first-order chi connectivity index (χ1) is 6.76. The van der Waals surface area contributed by atoms with Crippen molar-refractivity contribution in [3.05, 3.63) is 30.1 Å². The van der Waals surface area contributed by atoms with Crippen molar-refractivity contribution in [2.24, 2.45) is 0 Å². The molecule has 0 bridgehead atoms. The number of aromatic nitrogens is 1. The van der Waals surface area contributed by atoms with E-state index in [1.807, 2.05) is 0 Å². The third kappa shape index (κ3) is 8.66. The molecule has 1 aromatic heterocycles. The molecule has 0 saturated carbocycles. The molecular formula is C8H9Cl2NO3Se. The average Bonchev–Trinajstić information content (AvgIpc) is 2.21. The zero-order chi connectivity index (χ0) is 10.8. The van der Waals surface area contributed by atoms with Gasteiger partial charge in [-0.2, -0.15) is 3.84 Å². The molecule has 1 heterocycles. The van der Waals surface area contributed by atoms with Crippen LogP contribution in [0.1, 0.15) is 17.3 Å². The van der Waals surface area contributed by atoms with Crippen LogP contribution in [0.5, 0.6) is 0 Å². The maximum absolute atomic E-state index is 11.0. The molecule has 0 N–H and O–H groups in total. The molecule has 0 spiro atoms. The van der Waals surface area contributed by atoms with Gasteiger partial charge < -0.3 is 4.74 Å². The van der Waals surface area contributed by atoms with Crippen LogP contribution in [0.3, 0.4) is 0 Å². The van der Waals surface area contributed by atoms with E-state index in [9.17, 15) is 4.79 Å². The molecule has 15 heavy (non-hydrogen) atoms. The van der Waals surface area contributed by atoms with Crippen molar-refractivity contribution in [3.8, 4) is 0 Å². The van der Waals surface area contributed by atoms with Crippen LogP contribution in [0.4, 0.5) is 0 Å². The number of hydrogen-bond donors (Lipinski definition) is 0. The second kappa shape index (κ2) is 11.8. The van der Waals surface area contributed by atoms with Crippen LogP contribution < -0.4 is 0 Å². The smallest absolute Gasteiger partial charge is 0.339 e. The molecular weight excluding hydrogens is 308 g/mol. The Bertz CT molecular complexity index is 261. The van der Waals surface area contributed by atoms with Crippen molar-refractivity contribution in [2.45, 2.75) is 6.92 Å². The Kier molecular flexibility index (Phi) is 13.4. The molecule has 0 unspecified atom stereocenters. The first kappa shape index (κ1) is 17.1. The molecule has 0 fully saturated rings. The third-order valence-electron chi connectivity index (χ3n) is 1.17. The van der Waals surface area contributed by atoms with Crippen LogP contribution in [0.2, 0.25) is 0 Å². The number of pyridine rings is 1. The van der Waals surface area contributed by atoms with Crippen LogP contribution in [0.15, 0.2) is 24.5 Å². The summed E-state index contributed by atoms with van der Waals surface area (Å²) in [5.41, 5.74) is 0.495. The van der Waals surface area contributed by atoms with Gasteiger partial charge >= 0.3 is 5.97 Å². The summed E-state index contributed by atoms with van der Waals surface area (Å²) in [5, 5.41) is 0. The van der Waals surface area contributed by atoms with Gasteiger partial charge in [-0.1, -0.05) is 0 Å². The Balaban J connectivity index is 0. The Morgan fingerprint density at radius 2 is 2.13 bits per heavy atom. The van der Waals surface area contributed by atoms with Gasteiger partial charge in [-0.25, -0.2) is 4.79 Å². The quantitative estimate of drug-likeness (QED) is 0.620. The molecule has 0 saturated heterocycles. The van der Waals surface area contributed by atoms with Gasteiger partial charge in [0.05, 0.1) is 35.9 Å². The summed E-state index contributed by atoms with van der Waals surface area (Å²) < 4.78 is 7.94. The number of carbonyl (C=O) groups excluding carboxylic acids is 1. The van der Waals surface area contributed by atoms with Crippen molar-refractivity contribution in [3.63, 3.8) is 0 Å². The van der Waals surface area contributed by atoms with Gasteiger partial charge in [-0.05, 0) is 19.1 Å². The minimum atomic E-state index is -0.319. The van der Waals surface area contributed by atoms with Gasteiger partial charge in [-0.3, -0.25) is 4.98 Å². The van der Waals surface area contributed by atoms with E-state index in [0.29, 0.717) is 12.2 Å². The zero-order valence-corrected chi connectivity index (χ0v) is 11.1. The van der Waals surface area contributed by atoms with Gasteiger partial charge in [0.25, 0.3) is 0 Å². The second-order valence-corrected chi connectivity index (χ2v) is 2.49. The molecule has 2 radical (unpaired) electrons. The SMILES string of the molecule is CCOC(=O)c1cccnc1.ClOCl.[Se]. The van der Waals surface area contributed by atoms with Crippen LogP contribution >= 0.6 is 23.7 Å². The van der Waals surface area contributed by atoms with Crippen LogP contribution in [-0.4, -0.2) is 34.6 Å². The first-order valence-electron chi connectivity index (χ1n) is 3.72. The van der Waals surface area contributed by atoms with E-state index < -0.39 is 0 Å². The summed E-state index contributed by atoms with van der Waals surface area (Å²) in [5.74, 6) is -0.319. The zero-order valence-electron chi connectivity index (χ0n) is 7.85. The molecule has 1 rings (SSSR count). The fourth-order valence-corrected chi connectivity index (χ4v) is 0.698. The van der Waals surface area contributed by atoms with Crippen molar-refractivity contribution in [1.29, 1.82) is 0 Å². The Morgan fingerprint density at radius 1 is 1.53 bits per heavy atom. The van der Waals surface area contributed by atoms with E-state index in [2.05, 4.69) is 32.6 Å². The third-order valence-corrected chi connectivity index (χ3v) is 1.17. The molecule has 0 aliphatic heterocycles. The van der Waals surface area contributed by atoms with E-state index in [0.717, 1.165) is 0 Å². The Labute approximate surface area is 109 Å². The minimum Gasteiger partial charge on any atom is -0.462 e. The molecule has 0 aromatic carbocycles. The molecule has 0 aliphatic carbocycles. The van der Waals surface area contributed by atoms with Crippen LogP contribution in [0, 0.1) is 0 Å². The average molecular weight is 317 g/mol. The number of nitrogens with zero attached hydrogens (tertiary/aromatic N) is 1. The minimum absolute atomic E-state index is 0. The number of carbonyl (C=O) groups is 1. The molecule has 0 aliphatic rings. The molecule has 0 amide bonds. The first-order valence-corrected chi connectivity index (χ1v) is 4.34. The van der Waals surface area contributed by atoms with Gasteiger partial charge in [0.15, 0.2) is 0 Å². The molecule has 4 nitrogen and oxygen atoms in total. The van der Waals surface area contributed by atoms with E-state index in [1.165, 1.54) is 6.20 Å². The topological polar surface area (TPSA) is 48.4 Å². The fourth-order valence-electron chi connectivity index (χ4n) is 0.698. The van der Waals surface area contributed by atoms with Crippen LogP contribution in [-0.2, 0) is 8.58 Å². The Hall–Kier alpha value is -0.321. The summed E-state index contributed by atoms with van der Waals surface area (Å²) in [6.07, 6.45) is 3.10. The van der Waals surface area contributed by atoms with Crippen LogP contribution in [0.25, 0.3) is 0 Å². The summed E-state index contributed by atoms with van der Waals surface area (Å²) in [7, 11) is 0. The molecule has 84 valence electrons. The number of esters is 1. The summed E-state index contributed by atoms with van der Waals surface area (Å²) in [4.78, 5) is 14.8. The number of ether oxygens (including phenoxy) is 1. The van der Waals surface area contributed by atoms with Crippen molar-refractivity contribution in [2.75, 3.05) is 6.61 Å². The van der Waals surface area contributed by atoms with Gasteiger partial charge in [0.1, 0.15) is 0 Å². The van der Waals surface area contributed by atoms with Crippen molar-refractivity contribution >= 4 is 46.8 Å². The normalized spacial score (nSPS) is 7.93. The van der Waals surface area contributed by atoms with E-state index >= 15 is 0 Å². The van der Waals surface area contributed by atoms with Gasteiger partial charge in [0, 0.05) is 29.5 Å². The molecule has 1 aromatic rings. The molecule has 7 heteroatoms. The standard InChI is InChI=1S/C8H9NO2.Cl2O.Se/c1-2-11-8(10)7-4-3-5-9-6-7;1-3-2;/h3-6H,2H2,1H3;;. The van der Waals surface area contributed by atoms with E-state index in [4.69, 9.17) is 4.74 Å². The second-order valence-electron chi connectivity index (χ2n) is 2.02. The largest absolute Gasteiger partial charge is 0.462 e. The maximum Gasteiger partial charge on any atom is 0.339 e. The van der Waals surface area contributed by atoms with Crippen molar-refractivity contribution in [1.82, 2.24) is 4.98 Å².